The Labute approximate surface area is 115 Å². The predicted octanol–water partition coefficient (Wildman–Crippen LogP) is -0.0634. The molecule has 2 unspecified atom stereocenters. The highest BCUT2D eigenvalue weighted by Gasteiger charge is 2.39. The maximum Gasteiger partial charge on any atom is 0.311 e. The molecule has 108 valence electrons. The van der Waals surface area contributed by atoms with Gasteiger partial charge in [-0.05, 0) is 13.0 Å². The summed E-state index contributed by atoms with van der Waals surface area (Å²) in [6.45, 7) is 2.38. The van der Waals surface area contributed by atoms with Crippen LogP contribution in [0.15, 0.2) is 23.0 Å². The summed E-state index contributed by atoms with van der Waals surface area (Å²) in [6, 6.07) is 3.78. The van der Waals surface area contributed by atoms with E-state index in [1.165, 1.54) is 23.1 Å². The predicted molar refractivity (Wildman–Crippen MR) is 69.5 cm³/mol. The van der Waals surface area contributed by atoms with Crippen molar-refractivity contribution in [2.24, 2.45) is 5.92 Å². The van der Waals surface area contributed by atoms with Gasteiger partial charge in [0.1, 0.15) is 11.6 Å². The van der Waals surface area contributed by atoms with Gasteiger partial charge in [0.2, 0.25) is 5.56 Å². The third-order valence-corrected chi connectivity index (χ3v) is 3.37. The molecule has 2 atom stereocenters. The van der Waals surface area contributed by atoms with E-state index in [1.807, 2.05) is 0 Å². The Hall–Kier alpha value is -2.15. The molecule has 2 N–H and O–H groups in total. The molecule has 0 saturated carbocycles. The fourth-order valence-corrected chi connectivity index (χ4v) is 2.34. The molecule has 1 saturated heterocycles. The maximum atomic E-state index is 12.4. The first-order valence-electron chi connectivity index (χ1n) is 6.35. The van der Waals surface area contributed by atoms with Gasteiger partial charge in [0.15, 0.2) is 0 Å². The standard InChI is InChI=1S/C13H16N2O5/c1-2-15(10-7-20-6-8(10)13(18)19)12(17)9-4-3-5-11(16)14-9/h3-5,8,10H,2,6-7H2,1H3,(H,14,16)(H,18,19). The van der Waals surface area contributed by atoms with E-state index >= 15 is 0 Å². The lowest BCUT2D eigenvalue weighted by molar-refractivity contribution is -0.142. The van der Waals surface area contributed by atoms with Crippen molar-refractivity contribution in [2.75, 3.05) is 19.8 Å². The summed E-state index contributed by atoms with van der Waals surface area (Å²) < 4.78 is 5.18. The van der Waals surface area contributed by atoms with Gasteiger partial charge in [-0.25, -0.2) is 0 Å². The van der Waals surface area contributed by atoms with Crippen molar-refractivity contribution in [3.8, 4) is 0 Å². The van der Waals surface area contributed by atoms with E-state index in [9.17, 15) is 14.4 Å². The lowest BCUT2D eigenvalue weighted by atomic mass is 10.0. The van der Waals surface area contributed by atoms with Crippen LogP contribution in [-0.2, 0) is 9.53 Å². The smallest absolute Gasteiger partial charge is 0.311 e. The number of hydrogen-bond acceptors (Lipinski definition) is 4. The van der Waals surface area contributed by atoms with Crippen LogP contribution in [0.25, 0.3) is 0 Å². The Morgan fingerprint density at radius 3 is 2.80 bits per heavy atom. The number of carboxylic acids is 1. The quantitative estimate of drug-likeness (QED) is 0.804. The third kappa shape index (κ3) is 2.72. The van der Waals surface area contributed by atoms with Gasteiger partial charge in [-0.1, -0.05) is 6.07 Å². The van der Waals surface area contributed by atoms with Gasteiger partial charge in [0, 0.05) is 12.6 Å². The highest BCUT2D eigenvalue weighted by atomic mass is 16.5. The summed E-state index contributed by atoms with van der Waals surface area (Å²) in [5.74, 6) is -2.12. The first kappa shape index (κ1) is 14.3. The van der Waals surface area contributed by atoms with Crippen LogP contribution in [0.3, 0.4) is 0 Å². The molecule has 0 aromatic carbocycles. The largest absolute Gasteiger partial charge is 0.481 e. The number of aromatic nitrogens is 1. The van der Waals surface area contributed by atoms with Crippen molar-refractivity contribution in [1.29, 1.82) is 0 Å². The van der Waals surface area contributed by atoms with Crippen LogP contribution in [0.1, 0.15) is 17.4 Å². The van der Waals surface area contributed by atoms with Gasteiger partial charge < -0.3 is 19.7 Å². The fourth-order valence-electron chi connectivity index (χ4n) is 2.34. The van der Waals surface area contributed by atoms with E-state index in [0.717, 1.165) is 0 Å². The Kier molecular flexibility index (Phi) is 4.19. The van der Waals surface area contributed by atoms with E-state index in [4.69, 9.17) is 9.84 Å². The molecule has 0 aliphatic carbocycles. The molecule has 0 bridgehead atoms. The molecule has 1 amide bonds. The van der Waals surface area contributed by atoms with E-state index in [0.29, 0.717) is 6.54 Å². The number of nitrogens with zero attached hydrogens (tertiary/aromatic N) is 1. The molecule has 2 rings (SSSR count). The fraction of sp³-hybridized carbons (Fsp3) is 0.462. The summed E-state index contributed by atoms with van der Waals surface area (Å²) in [6.07, 6.45) is 0. The number of aliphatic carboxylic acids is 1. The number of likely N-dealkylation sites (N-methyl/N-ethyl adjacent to an activating group) is 1. The molecule has 0 radical (unpaired) electrons. The SMILES string of the molecule is CCN(C(=O)c1cccc(=O)[nH]1)C1COCC1C(=O)O. The van der Waals surface area contributed by atoms with Gasteiger partial charge >= 0.3 is 5.97 Å². The topological polar surface area (TPSA) is 99.7 Å². The summed E-state index contributed by atoms with van der Waals surface area (Å²) in [5, 5.41) is 9.15. The Balaban J connectivity index is 2.26. The first-order valence-corrected chi connectivity index (χ1v) is 6.35. The van der Waals surface area contributed by atoms with Gasteiger partial charge in [0.25, 0.3) is 5.91 Å². The highest BCUT2D eigenvalue weighted by molar-refractivity contribution is 5.92. The van der Waals surface area contributed by atoms with Crippen LogP contribution in [-0.4, -0.2) is 52.7 Å². The van der Waals surface area contributed by atoms with Crippen LogP contribution in [0.2, 0.25) is 0 Å². The molecule has 1 aliphatic rings. The molecule has 0 spiro atoms. The molecule has 2 heterocycles. The number of hydrogen-bond donors (Lipinski definition) is 2. The molecule has 1 fully saturated rings. The number of pyridine rings is 1. The minimum atomic E-state index is -0.986. The number of H-pyrrole nitrogens is 1. The lowest BCUT2D eigenvalue weighted by Crippen LogP contribution is -2.46. The molecule has 1 aromatic heterocycles. The van der Waals surface area contributed by atoms with Gasteiger partial charge in [-0.15, -0.1) is 0 Å². The van der Waals surface area contributed by atoms with E-state index in [1.54, 1.807) is 6.92 Å². The van der Waals surface area contributed by atoms with Crippen LogP contribution in [0.5, 0.6) is 0 Å². The average Bonchev–Trinajstić information content (AvgIpc) is 2.89. The number of rotatable bonds is 4. The lowest BCUT2D eigenvalue weighted by Gasteiger charge is -2.29. The summed E-state index contributed by atoms with van der Waals surface area (Å²) in [7, 11) is 0. The highest BCUT2D eigenvalue weighted by Crippen LogP contribution is 2.21. The second-order valence-corrected chi connectivity index (χ2v) is 4.57. The summed E-state index contributed by atoms with van der Waals surface area (Å²) in [5.41, 5.74) is -0.222. The number of nitrogens with one attached hydrogen (secondary N) is 1. The zero-order valence-corrected chi connectivity index (χ0v) is 11.0. The summed E-state index contributed by atoms with van der Waals surface area (Å²) >= 11 is 0. The van der Waals surface area contributed by atoms with E-state index in [-0.39, 0.29) is 24.5 Å². The van der Waals surface area contributed by atoms with Gasteiger partial charge in [-0.3, -0.25) is 14.4 Å². The zero-order valence-electron chi connectivity index (χ0n) is 11.0. The van der Waals surface area contributed by atoms with Crippen LogP contribution < -0.4 is 5.56 Å². The number of ether oxygens (including phenoxy) is 1. The number of amides is 1. The monoisotopic (exact) mass is 280 g/mol. The van der Waals surface area contributed by atoms with Gasteiger partial charge in [0.05, 0.1) is 19.3 Å². The summed E-state index contributed by atoms with van der Waals surface area (Å²) in [4.78, 5) is 38.7. The molecule has 1 aromatic rings. The second kappa shape index (κ2) is 5.87. The van der Waals surface area contributed by atoms with Crippen molar-refractivity contribution in [2.45, 2.75) is 13.0 Å². The third-order valence-electron chi connectivity index (χ3n) is 3.37. The number of carbonyl (C=O) groups excluding carboxylic acids is 1. The molecule has 20 heavy (non-hydrogen) atoms. The van der Waals surface area contributed by atoms with Crippen LogP contribution >= 0.6 is 0 Å². The first-order chi connectivity index (χ1) is 9.54. The number of aromatic amines is 1. The maximum absolute atomic E-state index is 12.4. The van der Waals surface area contributed by atoms with Crippen molar-refractivity contribution in [1.82, 2.24) is 9.88 Å². The molecular formula is C13H16N2O5. The van der Waals surface area contributed by atoms with Crippen molar-refractivity contribution in [3.05, 3.63) is 34.2 Å². The van der Waals surface area contributed by atoms with Crippen molar-refractivity contribution < 1.29 is 19.4 Å². The van der Waals surface area contributed by atoms with Crippen LogP contribution in [0, 0.1) is 5.92 Å². The van der Waals surface area contributed by atoms with Crippen molar-refractivity contribution in [3.63, 3.8) is 0 Å². The van der Waals surface area contributed by atoms with E-state index in [2.05, 4.69) is 4.98 Å². The van der Waals surface area contributed by atoms with Crippen molar-refractivity contribution >= 4 is 11.9 Å². The Morgan fingerprint density at radius 1 is 1.45 bits per heavy atom. The Morgan fingerprint density at radius 2 is 2.20 bits per heavy atom. The minimum Gasteiger partial charge on any atom is -0.481 e. The number of carbonyl (C=O) groups is 2. The van der Waals surface area contributed by atoms with Crippen LogP contribution in [0.4, 0.5) is 0 Å². The Bertz CT molecular complexity index is 568. The number of carboxylic acid groups (broad SMARTS) is 1. The molecular weight excluding hydrogens is 264 g/mol. The van der Waals surface area contributed by atoms with Gasteiger partial charge in [-0.2, -0.15) is 0 Å². The van der Waals surface area contributed by atoms with E-state index < -0.39 is 23.8 Å². The zero-order chi connectivity index (χ0) is 14.7. The minimum absolute atomic E-state index is 0.0924. The molecule has 7 nitrogen and oxygen atoms in total. The second-order valence-electron chi connectivity index (χ2n) is 4.57. The normalized spacial score (nSPS) is 21.6. The molecule has 7 heteroatoms. The average molecular weight is 280 g/mol. The molecule has 1 aliphatic heterocycles.